The van der Waals surface area contributed by atoms with Crippen LogP contribution in [0, 0.1) is 0 Å². The molecule has 160 valence electrons. The lowest BCUT2D eigenvalue weighted by Crippen LogP contribution is -2.47. The maximum atomic E-state index is 11.7. The van der Waals surface area contributed by atoms with Gasteiger partial charge in [-0.15, -0.1) is 0 Å². The molecule has 2 heterocycles. The minimum atomic E-state index is -3.13. The molecule has 2 atom stereocenters. The molecule has 28 heavy (non-hydrogen) atoms. The smallest absolute Gasteiger partial charge is 0.407 e. The van der Waals surface area contributed by atoms with E-state index in [0.717, 1.165) is 0 Å². The van der Waals surface area contributed by atoms with Crippen LogP contribution in [0.2, 0.25) is 0 Å². The standard InChI is InChI=1S/C16H26N2O8S2/c1-15(5-9-27(21,22)11-15)17-13(19)25-7-3-4-8-26-14(20)18-16(2)6-10-28(23,24)12-16/h3-4H,5-12H2,1-2H3,(H,17,19)(H,18,20)/b4-3+. The van der Waals surface area contributed by atoms with E-state index in [2.05, 4.69) is 10.6 Å². The average molecular weight is 439 g/mol. The first-order valence-corrected chi connectivity index (χ1v) is 12.4. The number of sulfone groups is 2. The lowest BCUT2D eigenvalue weighted by Gasteiger charge is -2.23. The summed E-state index contributed by atoms with van der Waals surface area (Å²) in [6, 6.07) is 0. The zero-order valence-corrected chi connectivity index (χ0v) is 17.5. The highest BCUT2D eigenvalue weighted by Gasteiger charge is 2.40. The Kier molecular flexibility index (Phi) is 6.64. The van der Waals surface area contributed by atoms with E-state index in [1.165, 1.54) is 12.2 Å². The van der Waals surface area contributed by atoms with Gasteiger partial charge in [0.15, 0.2) is 19.7 Å². The van der Waals surface area contributed by atoms with Crippen molar-refractivity contribution in [2.75, 3.05) is 36.2 Å². The summed E-state index contributed by atoms with van der Waals surface area (Å²) < 4.78 is 55.9. The summed E-state index contributed by atoms with van der Waals surface area (Å²) in [5.74, 6) is -0.162. The van der Waals surface area contributed by atoms with Gasteiger partial charge in [-0.1, -0.05) is 0 Å². The first kappa shape index (κ1) is 22.5. The normalized spacial score (nSPS) is 30.8. The fraction of sp³-hybridized carbons (Fsp3) is 0.750. The van der Waals surface area contributed by atoms with Gasteiger partial charge in [0, 0.05) is 0 Å². The Morgan fingerprint density at radius 1 is 0.821 bits per heavy atom. The second kappa shape index (κ2) is 8.27. The van der Waals surface area contributed by atoms with E-state index in [1.807, 2.05) is 0 Å². The Balaban J connectivity index is 1.62. The number of rotatable bonds is 6. The van der Waals surface area contributed by atoms with E-state index >= 15 is 0 Å². The summed E-state index contributed by atoms with van der Waals surface area (Å²) in [7, 11) is -6.26. The number of amides is 2. The van der Waals surface area contributed by atoms with Crippen molar-refractivity contribution in [2.45, 2.75) is 37.8 Å². The van der Waals surface area contributed by atoms with Gasteiger partial charge in [-0.3, -0.25) is 0 Å². The van der Waals surface area contributed by atoms with Crippen LogP contribution in [0.1, 0.15) is 26.7 Å². The Morgan fingerprint density at radius 3 is 1.46 bits per heavy atom. The minimum Gasteiger partial charge on any atom is -0.445 e. The van der Waals surface area contributed by atoms with Crippen molar-refractivity contribution in [3.05, 3.63) is 12.2 Å². The highest BCUT2D eigenvalue weighted by atomic mass is 32.2. The van der Waals surface area contributed by atoms with Crippen LogP contribution in [0.25, 0.3) is 0 Å². The fourth-order valence-electron chi connectivity index (χ4n) is 3.17. The number of ether oxygens (including phenoxy) is 2. The van der Waals surface area contributed by atoms with Crippen LogP contribution < -0.4 is 10.6 Å². The number of carbonyl (C=O) groups is 2. The number of nitrogens with one attached hydrogen (secondary N) is 2. The van der Waals surface area contributed by atoms with Crippen molar-refractivity contribution in [1.29, 1.82) is 0 Å². The molecule has 0 bridgehead atoms. The summed E-state index contributed by atoms with van der Waals surface area (Å²) >= 11 is 0. The highest BCUT2D eigenvalue weighted by Crippen LogP contribution is 2.23. The number of alkyl carbamates (subject to hydrolysis) is 2. The number of hydrogen-bond donors (Lipinski definition) is 2. The van der Waals surface area contributed by atoms with Crippen LogP contribution in [0.3, 0.4) is 0 Å². The molecule has 2 rings (SSSR count). The van der Waals surface area contributed by atoms with Gasteiger partial charge in [-0.2, -0.15) is 0 Å². The highest BCUT2D eigenvalue weighted by molar-refractivity contribution is 7.92. The van der Waals surface area contributed by atoms with E-state index in [0.29, 0.717) is 12.8 Å². The van der Waals surface area contributed by atoms with Crippen molar-refractivity contribution in [3.8, 4) is 0 Å². The summed E-state index contributed by atoms with van der Waals surface area (Å²) in [5, 5.41) is 5.10. The van der Waals surface area contributed by atoms with Gasteiger partial charge in [0.25, 0.3) is 0 Å². The van der Waals surface area contributed by atoms with Gasteiger partial charge < -0.3 is 20.1 Å². The lowest BCUT2D eigenvalue weighted by molar-refractivity contribution is 0.143. The maximum Gasteiger partial charge on any atom is 0.407 e. The van der Waals surface area contributed by atoms with E-state index in [-0.39, 0.29) is 36.2 Å². The monoisotopic (exact) mass is 438 g/mol. The zero-order chi connectivity index (χ0) is 21.1. The molecule has 10 nitrogen and oxygen atoms in total. The Labute approximate surface area is 164 Å². The van der Waals surface area contributed by atoms with Crippen molar-refractivity contribution in [1.82, 2.24) is 10.6 Å². The van der Waals surface area contributed by atoms with Crippen molar-refractivity contribution >= 4 is 31.9 Å². The third kappa shape index (κ3) is 6.97. The summed E-state index contributed by atoms with van der Waals surface area (Å²) in [6.45, 7) is 3.15. The molecule has 2 saturated heterocycles. The first-order valence-electron chi connectivity index (χ1n) is 8.78. The molecule has 0 spiro atoms. The molecule has 0 radical (unpaired) electrons. The van der Waals surface area contributed by atoms with Gasteiger partial charge in [0.2, 0.25) is 0 Å². The van der Waals surface area contributed by atoms with Crippen LogP contribution in [0.5, 0.6) is 0 Å². The summed E-state index contributed by atoms with van der Waals surface area (Å²) in [4.78, 5) is 23.5. The fourth-order valence-corrected chi connectivity index (χ4v) is 7.35. The number of hydrogen-bond acceptors (Lipinski definition) is 8. The molecular formula is C16H26N2O8S2. The molecule has 2 unspecified atom stereocenters. The molecule has 2 aliphatic rings. The third-order valence-electron chi connectivity index (χ3n) is 4.60. The van der Waals surface area contributed by atoms with Crippen LogP contribution >= 0.6 is 0 Å². The Morgan fingerprint density at radius 2 is 1.18 bits per heavy atom. The van der Waals surface area contributed by atoms with Crippen molar-refractivity contribution in [3.63, 3.8) is 0 Å². The van der Waals surface area contributed by atoms with E-state index in [1.54, 1.807) is 13.8 Å². The quantitative estimate of drug-likeness (QED) is 0.558. The second-order valence-electron chi connectivity index (χ2n) is 7.72. The van der Waals surface area contributed by atoms with Crippen molar-refractivity contribution in [2.24, 2.45) is 0 Å². The molecular weight excluding hydrogens is 412 g/mol. The predicted octanol–water partition coefficient (Wildman–Crippen LogP) is 0.149. The zero-order valence-electron chi connectivity index (χ0n) is 15.9. The van der Waals surface area contributed by atoms with Crippen LogP contribution in [-0.4, -0.2) is 76.3 Å². The average Bonchev–Trinajstić information content (AvgIpc) is 2.96. The van der Waals surface area contributed by atoms with Crippen molar-refractivity contribution < 1.29 is 35.9 Å². The van der Waals surface area contributed by atoms with E-state index in [4.69, 9.17) is 9.47 Å². The molecule has 0 aromatic heterocycles. The Bertz CT molecular complexity index is 782. The molecule has 2 aliphatic heterocycles. The summed E-state index contributed by atoms with van der Waals surface area (Å²) in [6.07, 6.45) is 2.17. The SMILES string of the molecule is CC1(NC(=O)OC/C=C/COC(=O)NC2(C)CCS(=O)(=O)C2)CCS(=O)(=O)C1. The lowest BCUT2D eigenvalue weighted by atomic mass is 10.0. The molecule has 0 aromatic carbocycles. The maximum absolute atomic E-state index is 11.7. The largest absolute Gasteiger partial charge is 0.445 e. The molecule has 0 aliphatic carbocycles. The molecule has 0 saturated carbocycles. The topological polar surface area (TPSA) is 145 Å². The van der Waals surface area contributed by atoms with Gasteiger partial charge in [-0.25, -0.2) is 26.4 Å². The molecule has 2 fully saturated rings. The van der Waals surface area contributed by atoms with Gasteiger partial charge >= 0.3 is 12.2 Å². The van der Waals surface area contributed by atoms with E-state index in [9.17, 15) is 26.4 Å². The predicted molar refractivity (Wildman–Crippen MR) is 101 cm³/mol. The second-order valence-corrected chi connectivity index (χ2v) is 12.1. The molecule has 12 heteroatoms. The molecule has 2 amide bonds. The van der Waals surface area contributed by atoms with Crippen LogP contribution in [0.15, 0.2) is 12.2 Å². The first-order chi connectivity index (χ1) is 12.8. The summed E-state index contributed by atoms with van der Waals surface area (Å²) in [5.41, 5.74) is -1.66. The van der Waals surface area contributed by atoms with Gasteiger partial charge in [0.1, 0.15) is 13.2 Å². The molecule has 0 aromatic rings. The van der Waals surface area contributed by atoms with Gasteiger partial charge in [-0.05, 0) is 38.8 Å². The van der Waals surface area contributed by atoms with E-state index < -0.39 is 42.9 Å². The van der Waals surface area contributed by atoms with Gasteiger partial charge in [0.05, 0.1) is 34.1 Å². The number of carbonyl (C=O) groups excluding carboxylic acids is 2. The molecule has 2 N–H and O–H groups in total. The minimum absolute atomic E-state index is 0.0358. The van der Waals surface area contributed by atoms with Crippen LogP contribution in [-0.2, 0) is 29.1 Å². The Hall–Kier alpha value is -1.82. The van der Waals surface area contributed by atoms with Crippen LogP contribution in [0.4, 0.5) is 9.59 Å². The third-order valence-corrected chi connectivity index (χ3v) is 8.41.